The number of pyridine rings is 1. The van der Waals surface area contributed by atoms with Crippen molar-refractivity contribution in [2.24, 2.45) is 0 Å². The fourth-order valence-corrected chi connectivity index (χ4v) is 2.97. The third kappa shape index (κ3) is 3.52. The van der Waals surface area contributed by atoms with Gasteiger partial charge in [0.05, 0.1) is 0 Å². The zero-order valence-corrected chi connectivity index (χ0v) is 14.8. The number of fused-ring (bicyclic) bond motifs is 1. The van der Waals surface area contributed by atoms with Gasteiger partial charge in [-0.3, -0.25) is 9.20 Å². The molecule has 0 unspecified atom stereocenters. The van der Waals surface area contributed by atoms with Crippen LogP contribution in [0.25, 0.3) is 17.0 Å². The zero-order chi connectivity index (χ0) is 18.8. The number of hydrogen-bond donors (Lipinski definition) is 1. The van der Waals surface area contributed by atoms with Crippen LogP contribution in [-0.4, -0.2) is 20.5 Å². The highest BCUT2D eigenvalue weighted by Crippen LogP contribution is 2.22. The molecule has 0 bridgehead atoms. The third-order valence-corrected chi connectivity index (χ3v) is 4.39. The Hall–Kier alpha value is -3.25. The minimum atomic E-state index is -0.350. The fraction of sp³-hybridized carbons (Fsp3) is 0.0500. The molecule has 27 heavy (non-hydrogen) atoms. The Labute approximate surface area is 159 Å². The number of halogens is 2. The highest BCUT2D eigenvalue weighted by molar-refractivity contribution is 6.30. The first-order chi connectivity index (χ1) is 13.1. The first kappa shape index (κ1) is 17.2. The van der Waals surface area contributed by atoms with E-state index in [2.05, 4.69) is 15.5 Å². The van der Waals surface area contributed by atoms with Crippen molar-refractivity contribution >= 4 is 23.2 Å². The fourth-order valence-electron chi connectivity index (χ4n) is 2.78. The van der Waals surface area contributed by atoms with Gasteiger partial charge in [0.15, 0.2) is 11.5 Å². The molecule has 4 aromatic rings. The molecule has 0 aliphatic rings. The number of nitrogens with zero attached hydrogens (tertiary/aromatic N) is 3. The van der Waals surface area contributed by atoms with Crippen molar-refractivity contribution in [2.45, 2.75) is 6.54 Å². The van der Waals surface area contributed by atoms with Gasteiger partial charge in [0.25, 0.3) is 5.91 Å². The topological polar surface area (TPSA) is 59.3 Å². The SMILES string of the molecule is O=C(NCc1ccccc1F)c1ccn2c(-c3cccc(Cl)c3)nnc2c1. The van der Waals surface area contributed by atoms with E-state index in [0.29, 0.717) is 27.6 Å². The molecule has 2 aromatic heterocycles. The first-order valence-corrected chi connectivity index (χ1v) is 8.62. The zero-order valence-electron chi connectivity index (χ0n) is 14.1. The number of aromatic nitrogens is 3. The normalized spacial score (nSPS) is 10.9. The van der Waals surface area contributed by atoms with Crippen LogP contribution in [0, 0.1) is 5.82 Å². The van der Waals surface area contributed by atoms with E-state index in [9.17, 15) is 9.18 Å². The molecule has 0 saturated heterocycles. The average molecular weight is 381 g/mol. The quantitative estimate of drug-likeness (QED) is 0.579. The minimum Gasteiger partial charge on any atom is -0.348 e. The highest BCUT2D eigenvalue weighted by Gasteiger charge is 2.12. The van der Waals surface area contributed by atoms with Gasteiger partial charge in [0, 0.05) is 34.5 Å². The summed E-state index contributed by atoms with van der Waals surface area (Å²) in [6.45, 7) is 0.108. The summed E-state index contributed by atoms with van der Waals surface area (Å²) < 4.78 is 15.4. The maximum Gasteiger partial charge on any atom is 0.251 e. The summed E-state index contributed by atoms with van der Waals surface area (Å²) in [6.07, 6.45) is 1.73. The van der Waals surface area contributed by atoms with Crippen molar-refractivity contribution in [3.05, 3.63) is 88.8 Å². The van der Waals surface area contributed by atoms with Crippen LogP contribution in [0.4, 0.5) is 4.39 Å². The lowest BCUT2D eigenvalue weighted by molar-refractivity contribution is 0.0950. The van der Waals surface area contributed by atoms with E-state index in [-0.39, 0.29) is 18.3 Å². The van der Waals surface area contributed by atoms with Crippen LogP contribution in [0.1, 0.15) is 15.9 Å². The predicted molar refractivity (Wildman–Crippen MR) is 101 cm³/mol. The number of rotatable bonds is 4. The molecule has 4 rings (SSSR count). The van der Waals surface area contributed by atoms with Crippen molar-refractivity contribution in [3.8, 4) is 11.4 Å². The molecule has 0 atom stereocenters. The number of carbonyl (C=O) groups excluding carboxylic acids is 1. The lowest BCUT2D eigenvalue weighted by Crippen LogP contribution is -2.23. The van der Waals surface area contributed by atoms with E-state index in [1.165, 1.54) is 6.07 Å². The van der Waals surface area contributed by atoms with Crippen LogP contribution >= 0.6 is 11.6 Å². The van der Waals surface area contributed by atoms with Gasteiger partial charge in [-0.05, 0) is 30.3 Å². The second-order valence-corrected chi connectivity index (χ2v) is 6.39. The second-order valence-electron chi connectivity index (χ2n) is 5.95. The predicted octanol–water partition coefficient (Wildman–Crippen LogP) is 4.12. The molecule has 7 heteroatoms. The van der Waals surface area contributed by atoms with Gasteiger partial charge in [-0.1, -0.05) is 41.9 Å². The maximum absolute atomic E-state index is 13.7. The van der Waals surface area contributed by atoms with Crippen LogP contribution in [0.15, 0.2) is 66.9 Å². The second kappa shape index (κ2) is 7.17. The molecule has 0 aliphatic carbocycles. The average Bonchev–Trinajstić information content (AvgIpc) is 3.10. The molecule has 0 aliphatic heterocycles. The largest absolute Gasteiger partial charge is 0.348 e. The molecule has 5 nitrogen and oxygen atoms in total. The van der Waals surface area contributed by atoms with Gasteiger partial charge in [0.1, 0.15) is 5.82 Å². The Morgan fingerprint density at radius 3 is 2.74 bits per heavy atom. The van der Waals surface area contributed by atoms with E-state index in [4.69, 9.17) is 11.6 Å². The molecular formula is C20H14ClFN4O. The Balaban J connectivity index is 1.57. The maximum atomic E-state index is 13.7. The third-order valence-electron chi connectivity index (χ3n) is 4.15. The molecule has 0 radical (unpaired) electrons. The molecule has 0 saturated carbocycles. The van der Waals surface area contributed by atoms with Crippen molar-refractivity contribution in [1.82, 2.24) is 19.9 Å². The summed E-state index contributed by atoms with van der Waals surface area (Å²) >= 11 is 6.04. The summed E-state index contributed by atoms with van der Waals surface area (Å²) in [5, 5.41) is 11.6. The molecule has 2 aromatic carbocycles. The molecule has 0 spiro atoms. The van der Waals surface area contributed by atoms with Gasteiger partial charge >= 0.3 is 0 Å². The molecule has 1 N–H and O–H groups in total. The van der Waals surface area contributed by atoms with Crippen LogP contribution in [0.2, 0.25) is 5.02 Å². The lowest BCUT2D eigenvalue weighted by atomic mass is 10.2. The summed E-state index contributed by atoms with van der Waals surface area (Å²) in [7, 11) is 0. The Bertz CT molecular complexity index is 1140. The van der Waals surface area contributed by atoms with E-state index in [1.54, 1.807) is 53.1 Å². The number of carbonyl (C=O) groups is 1. The van der Waals surface area contributed by atoms with Crippen LogP contribution in [-0.2, 0) is 6.54 Å². The van der Waals surface area contributed by atoms with Crippen molar-refractivity contribution < 1.29 is 9.18 Å². The van der Waals surface area contributed by atoms with Crippen molar-refractivity contribution in [3.63, 3.8) is 0 Å². The summed E-state index contributed by atoms with van der Waals surface area (Å²) in [5.41, 5.74) is 2.21. The Kier molecular flexibility index (Phi) is 4.56. The van der Waals surface area contributed by atoms with Crippen LogP contribution < -0.4 is 5.32 Å². The molecule has 134 valence electrons. The van der Waals surface area contributed by atoms with Gasteiger partial charge < -0.3 is 5.32 Å². The molecule has 1 amide bonds. The summed E-state index contributed by atoms with van der Waals surface area (Å²) in [5.74, 6) is -0.0317. The highest BCUT2D eigenvalue weighted by atomic mass is 35.5. The molecular weight excluding hydrogens is 367 g/mol. The van der Waals surface area contributed by atoms with Crippen LogP contribution in [0.5, 0.6) is 0 Å². The smallest absolute Gasteiger partial charge is 0.251 e. The first-order valence-electron chi connectivity index (χ1n) is 8.24. The van der Waals surface area contributed by atoms with E-state index < -0.39 is 0 Å². The van der Waals surface area contributed by atoms with Crippen LogP contribution in [0.3, 0.4) is 0 Å². The number of amides is 1. The van der Waals surface area contributed by atoms with E-state index in [1.807, 2.05) is 12.1 Å². The minimum absolute atomic E-state index is 0.108. The van der Waals surface area contributed by atoms with Crippen molar-refractivity contribution in [2.75, 3.05) is 0 Å². The monoisotopic (exact) mass is 380 g/mol. The summed E-state index contributed by atoms with van der Waals surface area (Å²) in [4.78, 5) is 12.4. The van der Waals surface area contributed by atoms with Gasteiger partial charge in [-0.15, -0.1) is 10.2 Å². The number of benzene rings is 2. The molecule has 2 heterocycles. The number of hydrogen-bond acceptors (Lipinski definition) is 3. The van der Waals surface area contributed by atoms with Gasteiger partial charge in [-0.25, -0.2) is 4.39 Å². The number of nitrogens with one attached hydrogen (secondary N) is 1. The van der Waals surface area contributed by atoms with E-state index >= 15 is 0 Å². The Morgan fingerprint density at radius 2 is 1.93 bits per heavy atom. The van der Waals surface area contributed by atoms with E-state index in [0.717, 1.165) is 5.56 Å². The van der Waals surface area contributed by atoms with Gasteiger partial charge in [0.2, 0.25) is 0 Å². The molecule has 0 fully saturated rings. The van der Waals surface area contributed by atoms with Crippen molar-refractivity contribution in [1.29, 1.82) is 0 Å². The Morgan fingerprint density at radius 1 is 1.07 bits per heavy atom. The lowest BCUT2D eigenvalue weighted by Gasteiger charge is -2.07. The summed E-state index contributed by atoms with van der Waals surface area (Å²) in [6, 6.07) is 16.9. The standard InChI is InChI=1S/C20H14ClFN4O/c21-16-6-3-5-13(10-16)19-25-24-18-11-14(8-9-26(18)19)20(27)23-12-15-4-1-2-7-17(15)22/h1-11H,12H2,(H,23,27). The van der Waals surface area contributed by atoms with Gasteiger partial charge in [-0.2, -0.15) is 0 Å².